The Hall–Kier alpha value is -1.18. The van der Waals surface area contributed by atoms with Crippen molar-refractivity contribution >= 4 is 15.9 Å². The van der Waals surface area contributed by atoms with Crippen molar-refractivity contribution in [3.8, 4) is 0 Å². The van der Waals surface area contributed by atoms with E-state index in [1.807, 2.05) is 0 Å². The standard InChI is InChI=1S/C11H16FN3O2S/c1-14(11-4-2-3-10(12)9-11)18(16,17)15-7-5-13-6-8-15/h2-4,9,13H,5-8H2,1H3. The van der Waals surface area contributed by atoms with Crippen molar-refractivity contribution in [1.29, 1.82) is 0 Å². The SMILES string of the molecule is CN(c1cccc(F)c1)S(=O)(=O)N1CCNCC1. The first-order valence-electron chi connectivity index (χ1n) is 5.72. The van der Waals surface area contributed by atoms with Gasteiger partial charge in [0.15, 0.2) is 0 Å². The number of benzene rings is 1. The summed E-state index contributed by atoms with van der Waals surface area (Å²) in [5, 5.41) is 3.09. The van der Waals surface area contributed by atoms with Crippen LogP contribution in [0.1, 0.15) is 0 Å². The third kappa shape index (κ3) is 2.63. The molecule has 0 unspecified atom stereocenters. The molecule has 1 fully saturated rings. The van der Waals surface area contributed by atoms with Crippen LogP contribution >= 0.6 is 0 Å². The lowest BCUT2D eigenvalue weighted by atomic mass is 10.3. The molecule has 0 atom stereocenters. The lowest BCUT2D eigenvalue weighted by Gasteiger charge is -2.31. The lowest BCUT2D eigenvalue weighted by molar-refractivity contribution is 0.359. The van der Waals surface area contributed by atoms with Gasteiger partial charge in [-0.1, -0.05) is 6.07 Å². The number of piperazine rings is 1. The highest BCUT2D eigenvalue weighted by molar-refractivity contribution is 7.90. The Morgan fingerprint density at radius 2 is 2.00 bits per heavy atom. The van der Waals surface area contributed by atoms with Gasteiger partial charge in [0.25, 0.3) is 0 Å². The normalized spacial score (nSPS) is 17.7. The molecule has 1 heterocycles. The summed E-state index contributed by atoms with van der Waals surface area (Å²) in [6, 6.07) is 5.56. The Balaban J connectivity index is 2.23. The first-order chi connectivity index (χ1) is 8.51. The zero-order chi connectivity index (χ0) is 13.2. The molecule has 0 amide bonds. The van der Waals surface area contributed by atoms with E-state index in [1.165, 1.54) is 29.6 Å². The predicted octanol–water partition coefficient (Wildman–Crippen LogP) is 0.412. The molecule has 18 heavy (non-hydrogen) atoms. The van der Waals surface area contributed by atoms with Crippen LogP contribution in [0.15, 0.2) is 24.3 Å². The zero-order valence-corrected chi connectivity index (χ0v) is 11.0. The van der Waals surface area contributed by atoms with Crippen molar-refractivity contribution in [3.05, 3.63) is 30.1 Å². The Morgan fingerprint density at radius 1 is 1.33 bits per heavy atom. The van der Waals surface area contributed by atoms with Crippen LogP contribution in [0.3, 0.4) is 0 Å². The average Bonchev–Trinajstić information content (AvgIpc) is 2.39. The topological polar surface area (TPSA) is 52.7 Å². The number of hydrogen-bond donors (Lipinski definition) is 1. The summed E-state index contributed by atoms with van der Waals surface area (Å²) >= 11 is 0. The van der Waals surface area contributed by atoms with Gasteiger partial charge in [-0.2, -0.15) is 12.7 Å². The highest BCUT2D eigenvalue weighted by atomic mass is 32.2. The molecule has 1 aromatic carbocycles. The molecule has 5 nitrogen and oxygen atoms in total. The minimum absolute atomic E-state index is 0.327. The van der Waals surface area contributed by atoms with Gasteiger partial charge in [-0.3, -0.25) is 4.31 Å². The summed E-state index contributed by atoms with van der Waals surface area (Å²) in [7, 11) is -2.14. The molecular formula is C11H16FN3O2S. The molecule has 0 aromatic heterocycles. The van der Waals surface area contributed by atoms with Crippen molar-refractivity contribution in [2.45, 2.75) is 0 Å². The van der Waals surface area contributed by atoms with E-state index >= 15 is 0 Å². The predicted molar refractivity (Wildman–Crippen MR) is 68.2 cm³/mol. The molecule has 0 aliphatic carbocycles. The monoisotopic (exact) mass is 273 g/mol. The van der Waals surface area contributed by atoms with Crippen molar-refractivity contribution in [2.75, 3.05) is 37.5 Å². The van der Waals surface area contributed by atoms with Gasteiger partial charge in [0.1, 0.15) is 5.82 Å². The second-order valence-corrected chi connectivity index (χ2v) is 6.06. The lowest BCUT2D eigenvalue weighted by Crippen LogP contribution is -2.51. The fraction of sp³-hybridized carbons (Fsp3) is 0.455. The number of anilines is 1. The minimum Gasteiger partial charge on any atom is -0.314 e. The molecule has 1 aromatic rings. The Bertz CT molecular complexity index is 515. The molecule has 1 saturated heterocycles. The van der Waals surface area contributed by atoms with Crippen LogP contribution in [-0.2, 0) is 10.2 Å². The third-order valence-electron chi connectivity index (χ3n) is 2.92. The van der Waals surface area contributed by atoms with Crippen molar-refractivity contribution in [2.24, 2.45) is 0 Å². The number of nitrogens with zero attached hydrogens (tertiary/aromatic N) is 2. The first-order valence-corrected chi connectivity index (χ1v) is 7.12. The van der Waals surface area contributed by atoms with Crippen LogP contribution < -0.4 is 9.62 Å². The largest absolute Gasteiger partial charge is 0.314 e. The van der Waals surface area contributed by atoms with Crippen molar-refractivity contribution < 1.29 is 12.8 Å². The maximum Gasteiger partial charge on any atom is 0.303 e. The fourth-order valence-electron chi connectivity index (χ4n) is 1.85. The van der Waals surface area contributed by atoms with Gasteiger partial charge in [-0.15, -0.1) is 0 Å². The second-order valence-electron chi connectivity index (χ2n) is 4.10. The average molecular weight is 273 g/mol. The van der Waals surface area contributed by atoms with E-state index in [9.17, 15) is 12.8 Å². The number of rotatable bonds is 3. The molecule has 2 rings (SSSR count). The van der Waals surface area contributed by atoms with Crippen LogP contribution in [0.25, 0.3) is 0 Å². The molecule has 7 heteroatoms. The Kier molecular flexibility index (Phi) is 3.84. The first kappa shape index (κ1) is 13.3. The molecule has 1 aliphatic rings. The molecule has 1 N–H and O–H groups in total. The summed E-state index contributed by atoms with van der Waals surface area (Å²) in [5.74, 6) is -0.449. The van der Waals surface area contributed by atoms with Gasteiger partial charge >= 0.3 is 10.2 Å². The van der Waals surface area contributed by atoms with E-state index in [0.29, 0.717) is 31.9 Å². The summed E-state index contributed by atoms with van der Waals surface area (Å²) in [6.07, 6.45) is 0. The van der Waals surface area contributed by atoms with E-state index in [1.54, 1.807) is 6.07 Å². The third-order valence-corrected chi connectivity index (χ3v) is 4.84. The highest BCUT2D eigenvalue weighted by Crippen LogP contribution is 2.19. The molecule has 100 valence electrons. The molecule has 0 saturated carbocycles. The van der Waals surface area contributed by atoms with E-state index in [4.69, 9.17) is 0 Å². The van der Waals surface area contributed by atoms with Gasteiger partial charge < -0.3 is 5.32 Å². The van der Waals surface area contributed by atoms with E-state index in [2.05, 4.69) is 5.32 Å². The van der Waals surface area contributed by atoms with Gasteiger partial charge in [0.05, 0.1) is 5.69 Å². The number of hydrogen-bond acceptors (Lipinski definition) is 3. The number of halogens is 1. The molecule has 0 bridgehead atoms. The van der Waals surface area contributed by atoms with Crippen LogP contribution in [0.4, 0.5) is 10.1 Å². The molecule has 0 spiro atoms. The van der Waals surface area contributed by atoms with Crippen LogP contribution in [0, 0.1) is 5.82 Å². The van der Waals surface area contributed by atoms with Gasteiger partial charge in [-0.05, 0) is 18.2 Å². The molecule has 1 aliphatic heterocycles. The van der Waals surface area contributed by atoms with Crippen molar-refractivity contribution in [3.63, 3.8) is 0 Å². The van der Waals surface area contributed by atoms with Crippen LogP contribution in [0.5, 0.6) is 0 Å². The summed E-state index contributed by atoms with van der Waals surface area (Å²) in [4.78, 5) is 0. The highest BCUT2D eigenvalue weighted by Gasteiger charge is 2.28. The van der Waals surface area contributed by atoms with Gasteiger partial charge in [0.2, 0.25) is 0 Å². The summed E-state index contributed by atoms with van der Waals surface area (Å²) in [5.41, 5.74) is 0.327. The van der Waals surface area contributed by atoms with Gasteiger partial charge in [-0.25, -0.2) is 4.39 Å². The van der Waals surface area contributed by atoms with Crippen molar-refractivity contribution in [1.82, 2.24) is 9.62 Å². The second kappa shape index (κ2) is 5.21. The van der Waals surface area contributed by atoms with E-state index < -0.39 is 16.0 Å². The Morgan fingerprint density at radius 3 is 2.61 bits per heavy atom. The minimum atomic E-state index is -3.57. The quantitative estimate of drug-likeness (QED) is 0.868. The maximum absolute atomic E-state index is 13.1. The van der Waals surface area contributed by atoms with E-state index in [-0.39, 0.29) is 0 Å². The summed E-state index contributed by atoms with van der Waals surface area (Å²) < 4.78 is 40.2. The number of nitrogens with one attached hydrogen (secondary N) is 1. The van der Waals surface area contributed by atoms with Crippen LogP contribution in [0.2, 0.25) is 0 Å². The van der Waals surface area contributed by atoms with Gasteiger partial charge in [0, 0.05) is 33.2 Å². The fourth-order valence-corrected chi connectivity index (χ4v) is 3.22. The molecular weight excluding hydrogens is 257 g/mol. The summed E-state index contributed by atoms with van der Waals surface area (Å²) in [6.45, 7) is 2.14. The molecule has 0 radical (unpaired) electrons. The Labute approximate surface area is 106 Å². The van der Waals surface area contributed by atoms with Crippen LogP contribution in [-0.4, -0.2) is 45.9 Å². The zero-order valence-electron chi connectivity index (χ0n) is 10.1. The van der Waals surface area contributed by atoms with E-state index in [0.717, 1.165) is 4.31 Å². The maximum atomic E-state index is 13.1. The smallest absolute Gasteiger partial charge is 0.303 e.